The maximum absolute atomic E-state index is 10.5. The lowest BCUT2D eigenvalue weighted by molar-refractivity contribution is -0.137. The van der Waals surface area contributed by atoms with Crippen molar-refractivity contribution in [1.82, 2.24) is 0 Å². The normalized spacial score (nSPS) is 8.11. The van der Waals surface area contributed by atoms with Crippen LogP contribution in [0.5, 0.6) is 0 Å². The molecule has 0 saturated carbocycles. The van der Waals surface area contributed by atoms with Crippen molar-refractivity contribution in [2.24, 2.45) is 0 Å². The van der Waals surface area contributed by atoms with Crippen molar-refractivity contribution in [3.05, 3.63) is 25.0 Å². The molecule has 0 unspecified atom stereocenters. The second kappa shape index (κ2) is 3.89. The Balaban J connectivity index is 3.50. The summed E-state index contributed by atoms with van der Waals surface area (Å²) in [7, 11) is 0. The smallest absolute Gasteiger partial charge is 0.314 e. The molecule has 0 radical (unpaired) electrons. The van der Waals surface area contributed by atoms with E-state index >= 15 is 0 Å². The Labute approximate surface area is 54.8 Å². The van der Waals surface area contributed by atoms with E-state index in [1.807, 2.05) is 0 Å². The molecule has 0 bridgehead atoms. The summed E-state index contributed by atoms with van der Waals surface area (Å²) in [6.45, 7) is 8.55. The number of rotatable bonds is 3. The van der Waals surface area contributed by atoms with Gasteiger partial charge in [0.2, 0.25) is 0 Å². The fourth-order valence-corrected chi connectivity index (χ4v) is 0.381. The van der Waals surface area contributed by atoms with Gasteiger partial charge in [0.15, 0.2) is 0 Å². The zero-order valence-corrected chi connectivity index (χ0v) is 5.52. The van der Waals surface area contributed by atoms with Crippen LogP contribution in [0, 0.1) is 0 Å². The summed E-state index contributed by atoms with van der Waals surface area (Å²) in [4.78, 5) is 10.5. The summed E-state index contributed by atoms with van der Waals surface area (Å²) in [6, 6.07) is 0. The van der Waals surface area contributed by atoms with Gasteiger partial charge in [-0.05, 0) is 6.92 Å². The lowest BCUT2D eigenvalue weighted by Gasteiger charge is -1.95. The van der Waals surface area contributed by atoms with Gasteiger partial charge in [-0.1, -0.05) is 18.7 Å². The molecule has 0 aliphatic rings. The van der Waals surface area contributed by atoms with Gasteiger partial charge >= 0.3 is 5.97 Å². The molecule has 0 spiro atoms. The molecule has 0 aromatic heterocycles. The molecule has 2 heteroatoms. The van der Waals surface area contributed by atoms with E-state index in [0.717, 1.165) is 11.8 Å². The van der Waals surface area contributed by atoms with Crippen molar-refractivity contribution in [2.45, 2.75) is 13.3 Å². The van der Waals surface area contributed by atoms with Crippen molar-refractivity contribution in [2.75, 3.05) is 0 Å². The highest BCUT2D eigenvalue weighted by Gasteiger charge is 1.98. The average Bonchev–Trinajstić information content (AvgIpc) is 1.63. The Hall–Kier alpha value is -1.05. The minimum atomic E-state index is -0.308. The maximum atomic E-state index is 10.5. The number of hydrogen-bond acceptors (Lipinski definition) is 2. The van der Waals surface area contributed by atoms with Gasteiger partial charge in [0, 0.05) is 0 Å². The van der Waals surface area contributed by atoms with E-state index in [-0.39, 0.29) is 12.4 Å². The summed E-state index contributed by atoms with van der Waals surface area (Å²) < 4.78 is 4.42. The molecule has 0 saturated heterocycles. The van der Waals surface area contributed by atoms with E-state index in [4.69, 9.17) is 0 Å². The van der Waals surface area contributed by atoms with Crippen LogP contribution >= 0.6 is 0 Å². The van der Waals surface area contributed by atoms with Gasteiger partial charge in [0.05, 0.1) is 12.7 Å². The van der Waals surface area contributed by atoms with Crippen molar-refractivity contribution in [3.63, 3.8) is 0 Å². The largest absolute Gasteiger partial charge is 0.435 e. The predicted octanol–water partition coefficient (Wildman–Crippen LogP) is 1.64. The standard InChI is InChI=1S/C7H10O2/c1-4-9-7(8)5-6(2)3/h4H,1-2,5H2,3H3. The maximum Gasteiger partial charge on any atom is 0.314 e. The van der Waals surface area contributed by atoms with Crippen molar-refractivity contribution in [3.8, 4) is 0 Å². The summed E-state index contributed by atoms with van der Waals surface area (Å²) in [5.74, 6) is -0.308. The van der Waals surface area contributed by atoms with Gasteiger partial charge in [-0.3, -0.25) is 4.79 Å². The molecule has 0 aromatic carbocycles. The Morgan fingerprint density at radius 1 is 1.78 bits per heavy atom. The minimum Gasteiger partial charge on any atom is -0.435 e. The Kier molecular flexibility index (Phi) is 3.44. The van der Waals surface area contributed by atoms with Crippen molar-refractivity contribution in [1.29, 1.82) is 0 Å². The SMILES string of the molecule is C=COC(=O)CC(=C)C. The first kappa shape index (κ1) is 7.95. The van der Waals surface area contributed by atoms with Gasteiger partial charge in [0.1, 0.15) is 0 Å². The molecule has 0 aromatic rings. The van der Waals surface area contributed by atoms with Gasteiger partial charge in [-0.25, -0.2) is 0 Å². The topological polar surface area (TPSA) is 26.3 Å². The third-order valence-electron chi connectivity index (χ3n) is 0.661. The fraction of sp³-hybridized carbons (Fsp3) is 0.286. The second-order valence-corrected chi connectivity index (χ2v) is 1.79. The number of hydrogen-bond donors (Lipinski definition) is 0. The van der Waals surface area contributed by atoms with Gasteiger partial charge < -0.3 is 4.74 Å². The zero-order chi connectivity index (χ0) is 7.28. The highest BCUT2D eigenvalue weighted by molar-refractivity contribution is 5.72. The van der Waals surface area contributed by atoms with Crippen LogP contribution in [0.25, 0.3) is 0 Å². The van der Waals surface area contributed by atoms with Crippen LogP contribution in [0.2, 0.25) is 0 Å². The van der Waals surface area contributed by atoms with Crippen LogP contribution in [0.15, 0.2) is 25.0 Å². The monoisotopic (exact) mass is 126 g/mol. The van der Waals surface area contributed by atoms with Crippen LogP contribution in [0.3, 0.4) is 0 Å². The summed E-state index contributed by atoms with van der Waals surface area (Å²) in [5, 5.41) is 0. The first-order valence-corrected chi connectivity index (χ1v) is 2.61. The molecule has 0 N–H and O–H groups in total. The summed E-state index contributed by atoms with van der Waals surface area (Å²) in [6.07, 6.45) is 1.39. The Morgan fingerprint density at radius 2 is 2.33 bits per heavy atom. The molecule has 50 valence electrons. The van der Waals surface area contributed by atoms with Crippen LogP contribution < -0.4 is 0 Å². The Morgan fingerprint density at radius 3 is 2.67 bits per heavy atom. The van der Waals surface area contributed by atoms with Crippen LogP contribution in [-0.2, 0) is 9.53 Å². The summed E-state index contributed by atoms with van der Waals surface area (Å²) >= 11 is 0. The third-order valence-corrected chi connectivity index (χ3v) is 0.661. The third kappa shape index (κ3) is 4.81. The second-order valence-electron chi connectivity index (χ2n) is 1.79. The molecule has 0 amide bonds. The number of ether oxygens (including phenoxy) is 1. The Bertz CT molecular complexity index is 136. The molecule has 0 atom stereocenters. The van der Waals surface area contributed by atoms with Gasteiger partial charge in [-0.15, -0.1) is 0 Å². The first-order valence-electron chi connectivity index (χ1n) is 2.61. The molecule has 0 heterocycles. The molecule has 0 fully saturated rings. The van der Waals surface area contributed by atoms with Gasteiger partial charge in [0.25, 0.3) is 0 Å². The minimum absolute atomic E-state index is 0.270. The van der Waals surface area contributed by atoms with E-state index in [1.165, 1.54) is 0 Å². The first-order chi connectivity index (χ1) is 4.16. The number of carbonyl (C=O) groups excluding carboxylic acids is 1. The van der Waals surface area contributed by atoms with E-state index < -0.39 is 0 Å². The molecule has 9 heavy (non-hydrogen) atoms. The average molecular weight is 126 g/mol. The van der Waals surface area contributed by atoms with E-state index in [1.54, 1.807) is 6.92 Å². The van der Waals surface area contributed by atoms with E-state index in [9.17, 15) is 4.79 Å². The predicted molar refractivity (Wildman–Crippen MR) is 35.7 cm³/mol. The van der Waals surface area contributed by atoms with Gasteiger partial charge in [-0.2, -0.15) is 0 Å². The zero-order valence-electron chi connectivity index (χ0n) is 5.52. The van der Waals surface area contributed by atoms with Crippen molar-refractivity contribution >= 4 is 5.97 Å². The molecular weight excluding hydrogens is 116 g/mol. The fourth-order valence-electron chi connectivity index (χ4n) is 0.381. The molecule has 0 aliphatic carbocycles. The molecule has 0 rings (SSSR count). The lowest BCUT2D eigenvalue weighted by Crippen LogP contribution is -1.98. The van der Waals surface area contributed by atoms with E-state index in [2.05, 4.69) is 17.9 Å². The number of esters is 1. The van der Waals surface area contributed by atoms with E-state index in [0.29, 0.717) is 0 Å². The summed E-state index contributed by atoms with van der Waals surface area (Å²) in [5.41, 5.74) is 0.793. The number of carbonyl (C=O) groups is 1. The molecular formula is C7H10O2. The molecule has 2 nitrogen and oxygen atoms in total. The highest BCUT2D eigenvalue weighted by Crippen LogP contribution is 1.96. The quantitative estimate of drug-likeness (QED) is 0.326. The van der Waals surface area contributed by atoms with Crippen LogP contribution in [0.4, 0.5) is 0 Å². The highest BCUT2D eigenvalue weighted by atomic mass is 16.5. The van der Waals surface area contributed by atoms with Crippen LogP contribution in [0.1, 0.15) is 13.3 Å². The van der Waals surface area contributed by atoms with Crippen LogP contribution in [-0.4, -0.2) is 5.97 Å². The molecule has 0 aliphatic heterocycles. The van der Waals surface area contributed by atoms with Crippen molar-refractivity contribution < 1.29 is 9.53 Å². The lowest BCUT2D eigenvalue weighted by atomic mass is 10.2.